The highest BCUT2D eigenvalue weighted by atomic mass is 15.2. The zero-order valence-corrected chi connectivity index (χ0v) is 18.8. The van der Waals surface area contributed by atoms with E-state index in [2.05, 4.69) is 56.4 Å². The number of unbranched alkanes of at least 4 members (excludes halogenated alkanes) is 1. The standard InChI is InChI=1S/C27H39N/c1-7-10-11-17-25(21(4)14-8-2)26-18-13-12-16-22(5)24(15-9-3)23(6)28-20-19-27(26)28/h1,16,23-24H,8,10-14,17-20H2,2-6H3. The fraction of sp³-hybridized carbons (Fsp3) is 0.630. The van der Waals surface area contributed by atoms with Gasteiger partial charge in [-0.05, 0) is 77.4 Å². The van der Waals surface area contributed by atoms with Gasteiger partial charge in [-0.15, -0.1) is 18.3 Å². The normalized spacial score (nSPS) is 23.4. The van der Waals surface area contributed by atoms with E-state index in [4.69, 9.17) is 6.42 Å². The average Bonchev–Trinajstić information content (AvgIpc) is 2.64. The number of allylic oxidation sites excluding steroid dienone is 4. The third kappa shape index (κ3) is 5.35. The summed E-state index contributed by atoms with van der Waals surface area (Å²) in [6, 6.07) is 0.444. The second-order valence-electron chi connectivity index (χ2n) is 8.39. The van der Waals surface area contributed by atoms with E-state index in [1.165, 1.54) is 44.2 Å². The van der Waals surface area contributed by atoms with Crippen LogP contribution in [-0.4, -0.2) is 17.5 Å². The molecular formula is C27H39N. The summed E-state index contributed by atoms with van der Waals surface area (Å²) in [5.74, 6) is 9.85. The van der Waals surface area contributed by atoms with Gasteiger partial charge < -0.3 is 4.90 Å². The maximum absolute atomic E-state index is 5.54. The van der Waals surface area contributed by atoms with Crippen LogP contribution in [-0.2, 0) is 0 Å². The molecule has 0 amide bonds. The molecule has 0 aliphatic carbocycles. The molecule has 28 heavy (non-hydrogen) atoms. The van der Waals surface area contributed by atoms with Crippen molar-refractivity contribution in [2.75, 3.05) is 6.54 Å². The van der Waals surface area contributed by atoms with Gasteiger partial charge in [0.15, 0.2) is 0 Å². The number of terminal acetylenes is 1. The molecule has 2 unspecified atom stereocenters. The Bertz CT molecular complexity index is 728. The first kappa shape index (κ1) is 22.4. The van der Waals surface area contributed by atoms with Gasteiger partial charge in [0.2, 0.25) is 0 Å². The van der Waals surface area contributed by atoms with Crippen LogP contribution in [0.3, 0.4) is 0 Å². The summed E-state index contributed by atoms with van der Waals surface area (Å²) in [6.07, 6.45) is 18.3. The van der Waals surface area contributed by atoms with E-state index in [1.807, 2.05) is 6.92 Å². The SMILES string of the molecule is C#CCCCC(=C(C)CCC)C1=C2CCN2C(C)C(C#CC)C(C)=CCCC1. The average molecular weight is 378 g/mol. The van der Waals surface area contributed by atoms with Gasteiger partial charge in [0.1, 0.15) is 0 Å². The Kier molecular flexibility index (Phi) is 8.99. The van der Waals surface area contributed by atoms with Crippen molar-refractivity contribution in [3.63, 3.8) is 0 Å². The van der Waals surface area contributed by atoms with Crippen LogP contribution in [0.25, 0.3) is 0 Å². The van der Waals surface area contributed by atoms with Gasteiger partial charge in [-0.3, -0.25) is 0 Å². The Morgan fingerprint density at radius 2 is 2.07 bits per heavy atom. The summed E-state index contributed by atoms with van der Waals surface area (Å²) in [7, 11) is 0. The van der Waals surface area contributed by atoms with E-state index in [-0.39, 0.29) is 0 Å². The fourth-order valence-corrected chi connectivity index (χ4v) is 4.80. The molecule has 2 rings (SSSR count). The zero-order valence-electron chi connectivity index (χ0n) is 18.8. The highest BCUT2D eigenvalue weighted by molar-refractivity contribution is 5.41. The van der Waals surface area contributed by atoms with Crippen molar-refractivity contribution in [3.05, 3.63) is 34.1 Å². The van der Waals surface area contributed by atoms with E-state index in [0.717, 1.165) is 25.7 Å². The topological polar surface area (TPSA) is 3.24 Å². The van der Waals surface area contributed by atoms with Crippen molar-refractivity contribution >= 4 is 0 Å². The van der Waals surface area contributed by atoms with Crippen LogP contribution < -0.4 is 0 Å². The first-order valence-electron chi connectivity index (χ1n) is 11.2. The lowest BCUT2D eigenvalue weighted by molar-refractivity contribution is 0.169. The molecule has 2 heterocycles. The predicted octanol–water partition coefficient (Wildman–Crippen LogP) is 7.02. The molecule has 0 saturated carbocycles. The molecule has 152 valence electrons. The van der Waals surface area contributed by atoms with Crippen LogP contribution >= 0.6 is 0 Å². The van der Waals surface area contributed by atoms with Crippen molar-refractivity contribution in [3.8, 4) is 24.2 Å². The number of hydrogen-bond donors (Lipinski definition) is 0. The smallest absolute Gasteiger partial charge is 0.0610 e. The molecule has 0 spiro atoms. The molecular weight excluding hydrogens is 338 g/mol. The van der Waals surface area contributed by atoms with Crippen molar-refractivity contribution in [1.29, 1.82) is 0 Å². The van der Waals surface area contributed by atoms with Crippen molar-refractivity contribution in [2.45, 2.75) is 98.4 Å². The summed E-state index contributed by atoms with van der Waals surface area (Å²) in [5, 5.41) is 0. The van der Waals surface area contributed by atoms with E-state index in [9.17, 15) is 0 Å². The highest BCUT2D eigenvalue weighted by Crippen LogP contribution is 2.39. The number of hydrogen-bond acceptors (Lipinski definition) is 1. The van der Waals surface area contributed by atoms with E-state index < -0.39 is 0 Å². The molecule has 0 aromatic carbocycles. The van der Waals surface area contributed by atoms with Crippen LogP contribution in [0.2, 0.25) is 0 Å². The second-order valence-corrected chi connectivity index (χ2v) is 8.39. The minimum atomic E-state index is 0.338. The molecule has 0 N–H and O–H groups in total. The van der Waals surface area contributed by atoms with Gasteiger partial charge in [0.05, 0.1) is 5.92 Å². The summed E-state index contributed by atoms with van der Waals surface area (Å²) in [6.45, 7) is 12.4. The Balaban J connectivity index is 2.44. The van der Waals surface area contributed by atoms with E-state index >= 15 is 0 Å². The van der Waals surface area contributed by atoms with Crippen LogP contribution in [0, 0.1) is 30.1 Å². The molecule has 0 aromatic heterocycles. The molecule has 2 aliphatic rings. The van der Waals surface area contributed by atoms with Gasteiger partial charge >= 0.3 is 0 Å². The summed E-state index contributed by atoms with van der Waals surface area (Å²) in [4.78, 5) is 2.65. The Hall–Kier alpha value is -1.86. The lowest BCUT2D eigenvalue weighted by Gasteiger charge is -2.46. The lowest BCUT2D eigenvalue weighted by atomic mass is 9.82. The minimum absolute atomic E-state index is 0.338. The lowest BCUT2D eigenvalue weighted by Crippen LogP contribution is -2.46. The molecule has 2 aliphatic heterocycles. The number of rotatable bonds is 6. The Morgan fingerprint density at radius 1 is 1.29 bits per heavy atom. The van der Waals surface area contributed by atoms with Crippen LogP contribution in [0.1, 0.15) is 92.4 Å². The largest absolute Gasteiger partial charge is 0.370 e. The van der Waals surface area contributed by atoms with Crippen LogP contribution in [0.4, 0.5) is 0 Å². The molecule has 1 heteroatoms. The molecule has 1 saturated heterocycles. The molecule has 0 radical (unpaired) electrons. The van der Waals surface area contributed by atoms with Gasteiger partial charge in [-0.25, -0.2) is 0 Å². The van der Waals surface area contributed by atoms with Crippen LogP contribution in [0.15, 0.2) is 34.1 Å². The summed E-state index contributed by atoms with van der Waals surface area (Å²) < 4.78 is 0. The monoisotopic (exact) mass is 377 g/mol. The quantitative estimate of drug-likeness (QED) is 0.273. The predicted molar refractivity (Wildman–Crippen MR) is 123 cm³/mol. The maximum atomic E-state index is 5.54. The summed E-state index contributed by atoms with van der Waals surface area (Å²) >= 11 is 0. The molecule has 2 atom stereocenters. The fourth-order valence-electron chi connectivity index (χ4n) is 4.80. The van der Waals surface area contributed by atoms with Crippen molar-refractivity contribution < 1.29 is 0 Å². The van der Waals surface area contributed by atoms with Gasteiger partial charge in [0.25, 0.3) is 0 Å². The summed E-state index contributed by atoms with van der Waals surface area (Å²) in [5.41, 5.74) is 7.87. The molecule has 0 aromatic rings. The molecule has 0 bridgehead atoms. The van der Waals surface area contributed by atoms with E-state index in [0.29, 0.717) is 12.0 Å². The van der Waals surface area contributed by atoms with Crippen LogP contribution in [0.5, 0.6) is 0 Å². The number of nitrogens with zero attached hydrogens (tertiary/aromatic N) is 1. The van der Waals surface area contributed by atoms with E-state index in [1.54, 1.807) is 22.4 Å². The van der Waals surface area contributed by atoms with Crippen molar-refractivity contribution in [2.24, 2.45) is 5.92 Å². The zero-order chi connectivity index (χ0) is 20.5. The Morgan fingerprint density at radius 3 is 2.68 bits per heavy atom. The Labute approximate surface area is 174 Å². The third-order valence-corrected chi connectivity index (χ3v) is 6.40. The highest BCUT2D eigenvalue weighted by Gasteiger charge is 2.33. The molecule has 1 nitrogen and oxygen atoms in total. The third-order valence-electron chi connectivity index (χ3n) is 6.40. The van der Waals surface area contributed by atoms with Gasteiger partial charge in [-0.1, -0.05) is 36.5 Å². The van der Waals surface area contributed by atoms with Gasteiger partial charge in [0, 0.05) is 31.1 Å². The van der Waals surface area contributed by atoms with Gasteiger partial charge in [-0.2, -0.15) is 0 Å². The second kappa shape index (κ2) is 11.2. The first-order valence-corrected chi connectivity index (χ1v) is 11.2. The molecule has 1 fully saturated rings. The van der Waals surface area contributed by atoms with Crippen molar-refractivity contribution in [1.82, 2.24) is 4.90 Å². The first-order chi connectivity index (χ1) is 13.5. The minimum Gasteiger partial charge on any atom is -0.370 e. The number of fused-ring (bicyclic) bond motifs is 1. The maximum Gasteiger partial charge on any atom is 0.0610 e.